The lowest BCUT2D eigenvalue weighted by atomic mass is 9.77. The van der Waals surface area contributed by atoms with Crippen LogP contribution < -0.4 is 5.73 Å². The largest absolute Gasteiger partial charge is 0.508 e. The van der Waals surface area contributed by atoms with Crippen molar-refractivity contribution in [1.29, 1.82) is 0 Å². The molecule has 0 aromatic heterocycles. The average Bonchev–Trinajstić information content (AvgIpc) is 2.24. The van der Waals surface area contributed by atoms with Gasteiger partial charge in [-0.25, -0.2) is 0 Å². The lowest BCUT2D eigenvalue weighted by Crippen LogP contribution is -2.40. The van der Waals surface area contributed by atoms with Gasteiger partial charge >= 0.3 is 0 Å². The summed E-state index contributed by atoms with van der Waals surface area (Å²) in [5.41, 5.74) is 6.88. The standard InChI is InChI=1S/C12H15NO2/c13-12(7-5-11(15)6-8-12)9-1-3-10(14)4-2-9/h1-4,14H,5-8,13H2. The molecule has 15 heavy (non-hydrogen) atoms. The number of hydrogen-bond donors (Lipinski definition) is 2. The average molecular weight is 205 g/mol. The molecule has 0 spiro atoms. The minimum Gasteiger partial charge on any atom is -0.508 e. The predicted octanol–water partition coefficient (Wildman–Crippen LogP) is 1.69. The second kappa shape index (κ2) is 3.66. The fourth-order valence-corrected chi connectivity index (χ4v) is 2.06. The van der Waals surface area contributed by atoms with Crippen molar-refractivity contribution in [3.8, 4) is 5.75 Å². The van der Waals surface area contributed by atoms with Crippen LogP contribution in [-0.2, 0) is 10.3 Å². The van der Waals surface area contributed by atoms with Crippen LogP contribution in [0, 0.1) is 0 Å². The minimum atomic E-state index is -0.387. The SMILES string of the molecule is NC1(c2ccc(O)cc2)CCC(=O)CC1. The summed E-state index contributed by atoms with van der Waals surface area (Å²) in [6.45, 7) is 0. The first-order chi connectivity index (χ1) is 7.10. The van der Waals surface area contributed by atoms with Crippen LogP contribution in [0.1, 0.15) is 31.2 Å². The molecule has 0 bridgehead atoms. The van der Waals surface area contributed by atoms with E-state index in [-0.39, 0.29) is 11.3 Å². The van der Waals surface area contributed by atoms with Gasteiger partial charge in [0.25, 0.3) is 0 Å². The van der Waals surface area contributed by atoms with E-state index in [4.69, 9.17) is 5.73 Å². The Labute approximate surface area is 88.9 Å². The Morgan fingerprint density at radius 3 is 2.20 bits per heavy atom. The van der Waals surface area contributed by atoms with E-state index in [9.17, 15) is 9.90 Å². The van der Waals surface area contributed by atoms with Crippen molar-refractivity contribution >= 4 is 5.78 Å². The molecular formula is C12H15NO2. The van der Waals surface area contributed by atoms with Gasteiger partial charge in [-0.1, -0.05) is 12.1 Å². The van der Waals surface area contributed by atoms with Gasteiger partial charge in [-0.15, -0.1) is 0 Å². The van der Waals surface area contributed by atoms with Crippen LogP contribution in [0.4, 0.5) is 0 Å². The highest BCUT2D eigenvalue weighted by molar-refractivity contribution is 5.79. The number of phenols is 1. The van der Waals surface area contributed by atoms with E-state index < -0.39 is 0 Å². The molecule has 1 aromatic carbocycles. The number of carbonyl (C=O) groups is 1. The molecule has 1 fully saturated rings. The molecule has 2 rings (SSSR count). The number of hydrogen-bond acceptors (Lipinski definition) is 3. The molecule has 1 saturated carbocycles. The van der Waals surface area contributed by atoms with Crippen LogP contribution in [0.3, 0.4) is 0 Å². The van der Waals surface area contributed by atoms with Gasteiger partial charge in [0.05, 0.1) is 0 Å². The second-order valence-corrected chi connectivity index (χ2v) is 4.24. The third-order valence-corrected chi connectivity index (χ3v) is 3.14. The molecule has 0 aliphatic heterocycles. The molecular weight excluding hydrogens is 190 g/mol. The van der Waals surface area contributed by atoms with Crippen molar-refractivity contribution in [3.63, 3.8) is 0 Å². The summed E-state index contributed by atoms with van der Waals surface area (Å²) in [6.07, 6.45) is 2.54. The molecule has 3 N–H and O–H groups in total. The third-order valence-electron chi connectivity index (χ3n) is 3.14. The number of nitrogens with two attached hydrogens (primary N) is 1. The molecule has 3 nitrogen and oxygen atoms in total. The summed E-state index contributed by atoms with van der Waals surface area (Å²) in [5.74, 6) is 0.545. The molecule has 80 valence electrons. The van der Waals surface area contributed by atoms with Crippen molar-refractivity contribution in [2.24, 2.45) is 5.73 Å². The maximum absolute atomic E-state index is 11.1. The van der Waals surface area contributed by atoms with Gasteiger partial charge in [-0.2, -0.15) is 0 Å². The van der Waals surface area contributed by atoms with E-state index in [1.54, 1.807) is 12.1 Å². The summed E-state index contributed by atoms with van der Waals surface area (Å²) < 4.78 is 0. The Bertz CT molecular complexity index is 360. The smallest absolute Gasteiger partial charge is 0.133 e. The van der Waals surface area contributed by atoms with Crippen LogP contribution in [0.15, 0.2) is 24.3 Å². The summed E-state index contributed by atoms with van der Waals surface area (Å²) in [7, 11) is 0. The van der Waals surface area contributed by atoms with E-state index in [1.807, 2.05) is 12.1 Å². The molecule has 0 unspecified atom stereocenters. The van der Waals surface area contributed by atoms with Gasteiger partial charge in [0.2, 0.25) is 0 Å². The maximum atomic E-state index is 11.1. The van der Waals surface area contributed by atoms with E-state index in [0.717, 1.165) is 5.56 Å². The van der Waals surface area contributed by atoms with Crippen LogP contribution in [0.2, 0.25) is 0 Å². The van der Waals surface area contributed by atoms with Gasteiger partial charge in [0, 0.05) is 18.4 Å². The molecule has 0 atom stereocenters. The highest BCUT2D eigenvalue weighted by atomic mass is 16.3. The summed E-state index contributed by atoms with van der Waals surface area (Å²) in [6, 6.07) is 6.96. The normalized spacial score (nSPS) is 20.2. The summed E-state index contributed by atoms with van der Waals surface area (Å²) in [5, 5.41) is 9.19. The molecule has 1 aliphatic rings. The molecule has 0 saturated heterocycles. The van der Waals surface area contributed by atoms with Gasteiger partial charge < -0.3 is 10.8 Å². The van der Waals surface area contributed by atoms with Crippen molar-refractivity contribution in [1.82, 2.24) is 0 Å². The number of benzene rings is 1. The summed E-state index contributed by atoms with van der Waals surface area (Å²) >= 11 is 0. The first-order valence-corrected chi connectivity index (χ1v) is 5.20. The van der Waals surface area contributed by atoms with Crippen LogP contribution in [0.25, 0.3) is 0 Å². The van der Waals surface area contributed by atoms with Crippen molar-refractivity contribution in [3.05, 3.63) is 29.8 Å². The highest BCUT2D eigenvalue weighted by Crippen LogP contribution is 2.33. The van der Waals surface area contributed by atoms with Gasteiger partial charge in [-0.05, 0) is 30.5 Å². The monoisotopic (exact) mass is 205 g/mol. The Morgan fingerprint density at radius 2 is 1.67 bits per heavy atom. The number of aromatic hydroxyl groups is 1. The molecule has 0 radical (unpaired) electrons. The van der Waals surface area contributed by atoms with E-state index >= 15 is 0 Å². The van der Waals surface area contributed by atoms with Crippen molar-refractivity contribution < 1.29 is 9.90 Å². The third kappa shape index (κ3) is 2.02. The maximum Gasteiger partial charge on any atom is 0.133 e. The first-order valence-electron chi connectivity index (χ1n) is 5.20. The zero-order valence-electron chi connectivity index (χ0n) is 8.57. The van der Waals surface area contributed by atoms with Gasteiger partial charge in [0.1, 0.15) is 11.5 Å². The zero-order valence-corrected chi connectivity index (χ0v) is 8.57. The lowest BCUT2D eigenvalue weighted by molar-refractivity contribution is -0.121. The molecule has 0 heterocycles. The Kier molecular flexibility index (Phi) is 2.49. The number of rotatable bonds is 1. The number of ketones is 1. The van der Waals surface area contributed by atoms with Crippen LogP contribution in [-0.4, -0.2) is 10.9 Å². The minimum absolute atomic E-state index is 0.245. The number of phenolic OH excluding ortho intramolecular Hbond substituents is 1. The summed E-state index contributed by atoms with van der Waals surface area (Å²) in [4.78, 5) is 11.1. The van der Waals surface area contributed by atoms with E-state index in [2.05, 4.69) is 0 Å². The topological polar surface area (TPSA) is 63.3 Å². The molecule has 1 aliphatic carbocycles. The van der Waals surface area contributed by atoms with Gasteiger partial charge in [0.15, 0.2) is 0 Å². The zero-order chi connectivity index (χ0) is 10.9. The van der Waals surface area contributed by atoms with Gasteiger partial charge in [-0.3, -0.25) is 4.79 Å². The van der Waals surface area contributed by atoms with Crippen LogP contribution >= 0.6 is 0 Å². The number of Topliss-reactive ketones (excluding diaryl/α,β-unsaturated/α-hetero) is 1. The fraction of sp³-hybridized carbons (Fsp3) is 0.417. The second-order valence-electron chi connectivity index (χ2n) is 4.24. The van der Waals surface area contributed by atoms with E-state index in [1.165, 1.54) is 0 Å². The molecule has 3 heteroatoms. The van der Waals surface area contributed by atoms with Crippen molar-refractivity contribution in [2.45, 2.75) is 31.2 Å². The van der Waals surface area contributed by atoms with Crippen molar-refractivity contribution in [2.75, 3.05) is 0 Å². The lowest BCUT2D eigenvalue weighted by Gasteiger charge is -2.33. The Morgan fingerprint density at radius 1 is 1.13 bits per heavy atom. The quantitative estimate of drug-likeness (QED) is 0.733. The van der Waals surface area contributed by atoms with Crippen LogP contribution in [0.5, 0.6) is 5.75 Å². The highest BCUT2D eigenvalue weighted by Gasteiger charge is 2.32. The molecule has 1 aromatic rings. The van der Waals surface area contributed by atoms with E-state index in [0.29, 0.717) is 31.5 Å². The Balaban J connectivity index is 2.22. The Hall–Kier alpha value is -1.35. The number of carbonyl (C=O) groups excluding carboxylic acids is 1. The fourth-order valence-electron chi connectivity index (χ4n) is 2.06. The molecule has 0 amide bonds. The predicted molar refractivity (Wildman–Crippen MR) is 57.4 cm³/mol. The first kappa shape index (κ1) is 10.2.